The molecule has 2 aliphatic rings. The van der Waals surface area contributed by atoms with Crippen molar-refractivity contribution in [2.45, 2.75) is 44.8 Å². The van der Waals surface area contributed by atoms with Gasteiger partial charge in [0.15, 0.2) is 0 Å². The van der Waals surface area contributed by atoms with Crippen LogP contribution in [-0.4, -0.2) is 82.8 Å². The second-order valence-corrected chi connectivity index (χ2v) is 9.63. The molecule has 0 aliphatic carbocycles. The van der Waals surface area contributed by atoms with Crippen LogP contribution in [0.5, 0.6) is 5.88 Å². The highest BCUT2D eigenvalue weighted by Gasteiger charge is 2.24. The summed E-state index contributed by atoms with van der Waals surface area (Å²) in [5, 5.41) is 5.52. The van der Waals surface area contributed by atoms with E-state index in [1.165, 1.54) is 0 Å². The summed E-state index contributed by atoms with van der Waals surface area (Å²) in [4.78, 5) is 16.7. The summed E-state index contributed by atoms with van der Waals surface area (Å²) < 4.78 is 19.2. The molecule has 182 valence electrons. The summed E-state index contributed by atoms with van der Waals surface area (Å²) in [6, 6.07) is 0.397. The summed E-state index contributed by atoms with van der Waals surface area (Å²) in [6.07, 6.45) is 11.4. The van der Waals surface area contributed by atoms with Crippen molar-refractivity contribution in [3.8, 4) is 17.0 Å². The van der Waals surface area contributed by atoms with Crippen LogP contribution < -0.4 is 4.74 Å². The van der Waals surface area contributed by atoms with Gasteiger partial charge in [0.05, 0.1) is 36.4 Å². The first-order valence-electron chi connectivity index (χ1n) is 12.2. The van der Waals surface area contributed by atoms with Gasteiger partial charge < -0.3 is 19.1 Å². The van der Waals surface area contributed by atoms with Gasteiger partial charge in [-0.3, -0.25) is 4.68 Å². The average molecular weight is 467 g/mol. The van der Waals surface area contributed by atoms with Crippen LogP contribution in [0.25, 0.3) is 22.0 Å². The van der Waals surface area contributed by atoms with E-state index in [0.29, 0.717) is 37.7 Å². The third-order valence-electron chi connectivity index (χ3n) is 6.72. The molecular weight excluding hydrogens is 432 g/mol. The number of likely N-dealkylation sites (N-methyl/N-ethyl adjacent to an activating group) is 1. The van der Waals surface area contributed by atoms with Crippen LogP contribution in [0.2, 0.25) is 0 Å². The van der Waals surface area contributed by atoms with Crippen molar-refractivity contribution in [1.29, 1.82) is 0 Å². The molecule has 34 heavy (non-hydrogen) atoms. The smallest absolute Gasteiger partial charge is 0.224 e. The Kier molecular flexibility index (Phi) is 7.03. The van der Waals surface area contributed by atoms with Crippen molar-refractivity contribution in [3.63, 3.8) is 0 Å². The number of methoxy groups -OCH3 is 1. The molecule has 0 spiro atoms. The summed E-state index contributed by atoms with van der Waals surface area (Å²) in [7, 11) is 3.88. The molecule has 0 radical (unpaired) electrons. The van der Waals surface area contributed by atoms with E-state index in [9.17, 15) is 0 Å². The fourth-order valence-corrected chi connectivity index (χ4v) is 4.85. The highest BCUT2D eigenvalue weighted by atomic mass is 16.5. The van der Waals surface area contributed by atoms with Gasteiger partial charge in [-0.15, -0.1) is 0 Å². The lowest BCUT2D eigenvalue weighted by molar-refractivity contribution is 0.0244. The number of nitrogens with zero attached hydrogens (tertiary/aromatic N) is 6. The van der Waals surface area contributed by atoms with Crippen LogP contribution in [-0.2, 0) is 15.9 Å². The van der Waals surface area contributed by atoms with E-state index in [4.69, 9.17) is 24.2 Å². The van der Waals surface area contributed by atoms with Gasteiger partial charge in [-0.2, -0.15) is 5.10 Å². The molecule has 2 atom stereocenters. The maximum Gasteiger partial charge on any atom is 0.224 e. The second kappa shape index (κ2) is 10.3. The van der Waals surface area contributed by atoms with Crippen LogP contribution in [0.1, 0.15) is 38.1 Å². The molecular formula is C25H34N6O3. The van der Waals surface area contributed by atoms with Gasteiger partial charge in [-0.05, 0) is 25.9 Å². The summed E-state index contributed by atoms with van der Waals surface area (Å²) in [5.41, 5.74) is 2.82. The highest BCUT2D eigenvalue weighted by Crippen LogP contribution is 2.33. The Hall–Kier alpha value is -2.62. The minimum atomic E-state index is 0.0961. The standard InChI is InChI=1S/C25H34N6O3/c1-17(16-32-3)10-23-26-13-22-24(29-23)21(12-27-25(22)34-20-5-8-33-9-6-20)18-11-28-31(14-18)19-4-7-30(2)15-19/h11-14,17,19-20H,4-10,15-16H2,1-3H3/t17-,19-/m1/s1. The number of fused-ring (bicyclic) bond motifs is 1. The van der Waals surface area contributed by atoms with Crippen molar-refractivity contribution in [2.24, 2.45) is 5.92 Å². The molecule has 5 rings (SSSR count). The highest BCUT2D eigenvalue weighted by molar-refractivity contribution is 5.95. The van der Waals surface area contributed by atoms with Gasteiger partial charge >= 0.3 is 0 Å². The van der Waals surface area contributed by atoms with E-state index in [1.54, 1.807) is 7.11 Å². The molecule has 3 aromatic rings. The molecule has 2 fully saturated rings. The summed E-state index contributed by atoms with van der Waals surface area (Å²) >= 11 is 0. The van der Waals surface area contributed by atoms with Gasteiger partial charge in [0.25, 0.3) is 0 Å². The largest absolute Gasteiger partial charge is 0.474 e. The van der Waals surface area contributed by atoms with Gasteiger partial charge in [0, 0.05) is 69.2 Å². The first-order valence-corrected chi connectivity index (χ1v) is 12.2. The van der Waals surface area contributed by atoms with Crippen LogP contribution in [0.4, 0.5) is 0 Å². The zero-order valence-electron chi connectivity index (χ0n) is 20.3. The lowest BCUT2D eigenvalue weighted by atomic mass is 10.1. The van der Waals surface area contributed by atoms with Crippen molar-refractivity contribution in [1.82, 2.24) is 29.6 Å². The van der Waals surface area contributed by atoms with E-state index in [-0.39, 0.29) is 6.10 Å². The van der Waals surface area contributed by atoms with E-state index in [1.807, 2.05) is 18.6 Å². The fourth-order valence-electron chi connectivity index (χ4n) is 4.85. The average Bonchev–Trinajstić information content (AvgIpc) is 3.49. The van der Waals surface area contributed by atoms with Gasteiger partial charge in [-0.1, -0.05) is 6.92 Å². The number of pyridine rings is 1. The van der Waals surface area contributed by atoms with E-state index in [0.717, 1.165) is 66.6 Å². The zero-order valence-corrected chi connectivity index (χ0v) is 20.3. The number of likely N-dealkylation sites (tertiary alicyclic amines) is 1. The molecule has 0 bridgehead atoms. The maximum absolute atomic E-state index is 6.30. The Morgan fingerprint density at radius 3 is 2.76 bits per heavy atom. The Morgan fingerprint density at radius 1 is 1.15 bits per heavy atom. The normalized spacial score (nSPS) is 20.7. The minimum Gasteiger partial charge on any atom is -0.474 e. The lowest BCUT2D eigenvalue weighted by Crippen LogP contribution is -2.26. The molecule has 3 aromatic heterocycles. The van der Waals surface area contributed by atoms with Crippen molar-refractivity contribution in [3.05, 3.63) is 30.6 Å². The van der Waals surface area contributed by atoms with Crippen molar-refractivity contribution < 1.29 is 14.2 Å². The van der Waals surface area contributed by atoms with Crippen molar-refractivity contribution >= 4 is 10.9 Å². The number of ether oxygens (including phenoxy) is 3. The fraction of sp³-hybridized carbons (Fsp3) is 0.600. The number of hydrogen-bond acceptors (Lipinski definition) is 8. The topological polar surface area (TPSA) is 87.4 Å². The molecule has 0 N–H and O–H groups in total. The van der Waals surface area contributed by atoms with Crippen LogP contribution in [0.15, 0.2) is 24.8 Å². The number of aromatic nitrogens is 5. The first-order chi connectivity index (χ1) is 16.6. The number of hydrogen-bond donors (Lipinski definition) is 0. The summed E-state index contributed by atoms with van der Waals surface area (Å²) in [5.74, 6) is 1.71. The zero-order chi connectivity index (χ0) is 23.5. The predicted molar refractivity (Wildman–Crippen MR) is 129 cm³/mol. The van der Waals surface area contributed by atoms with E-state index < -0.39 is 0 Å². The van der Waals surface area contributed by atoms with Gasteiger partial charge in [0.1, 0.15) is 11.9 Å². The molecule has 2 aliphatic heterocycles. The third-order valence-corrected chi connectivity index (χ3v) is 6.72. The minimum absolute atomic E-state index is 0.0961. The molecule has 0 amide bonds. The lowest BCUT2D eigenvalue weighted by Gasteiger charge is -2.23. The van der Waals surface area contributed by atoms with Gasteiger partial charge in [-0.25, -0.2) is 15.0 Å². The molecule has 0 unspecified atom stereocenters. The molecule has 9 nitrogen and oxygen atoms in total. The first kappa shape index (κ1) is 23.1. The summed E-state index contributed by atoms with van der Waals surface area (Å²) in [6.45, 7) is 6.36. The van der Waals surface area contributed by atoms with E-state index >= 15 is 0 Å². The Bertz CT molecular complexity index is 1110. The molecule has 0 saturated carbocycles. The van der Waals surface area contributed by atoms with Crippen LogP contribution >= 0.6 is 0 Å². The maximum atomic E-state index is 6.30. The number of rotatable bonds is 8. The Labute approximate surface area is 200 Å². The van der Waals surface area contributed by atoms with Crippen LogP contribution in [0.3, 0.4) is 0 Å². The van der Waals surface area contributed by atoms with Gasteiger partial charge in [0.2, 0.25) is 5.88 Å². The Balaban J connectivity index is 1.50. The monoisotopic (exact) mass is 466 g/mol. The quantitative estimate of drug-likeness (QED) is 0.500. The van der Waals surface area contributed by atoms with Crippen LogP contribution in [0, 0.1) is 5.92 Å². The molecule has 5 heterocycles. The van der Waals surface area contributed by atoms with E-state index in [2.05, 4.69) is 39.8 Å². The third kappa shape index (κ3) is 5.06. The molecule has 0 aromatic carbocycles. The molecule has 2 saturated heterocycles. The predicted octanol–water partition coefficient (Wildman–Crippen LogP) is 3.15. The molecule has 9 heteroatoms. The Morgan fingerprint density at radius 2 is 2.00 bits per heavy atom. The van der Waals surface area contributed by atoms with Crippen molar-refractivity contribution in [2.75, 3.05) is 47.1 Å². The second-order valence-electron chi connectivity index (χ2n) is 9.63. The SMILES string of the molecule is COC[C@H](C)Cc1ncc2c(OC3CCOCC3)ncc(-c3cnn([C@@H]4CCN(C)C4)c3)c2n1.